The summed E-state index contributed by atoms with van der Waals surface area (Å²) in [6.07, 6.45) is 0.844. The zero-order chi connectivity index (χ0) is 29.8. The van der Waals surface area contributed by atoms with Gasteiger partial charge in [0.1, 0.15) is 0 Å². The molecule has 1 aliphatic heterocycles. The summed E-state index contributed by atoms with van der Waals surface area (Å²) in [5.41, 5.74) is 1.12. The van der Waals surface area contributed by atoms with Crippen LogP contribution >= 0.6 is 11.3 Å². The Bertz CT molecular complexity index is 1290. The van der Waals surface area contributed by atoms with Crippen molar-refractivity contribution in [1.29, 1.82) is 0 Å². The zero-order valence-electron chi connectivity index (χ0n) is 23.1. The molecule has 0 bridgehead atoms. The van der Waals surface area contributed by atoms with E-state index in [0.717, 1.165) is 58.0 Å². The smallest absolute Gasteiger partial charge is 0.336 e. The van der Waals surface area contributed by atoms with Crippen LogP contribution in [0.3, 0.4) is 0 Å². The van der Waals surface area contributed by atoms with Gasteiger partial charge in [0.05, 0.1) is 31.6 Å². The number of rotatable bonds is 13. The van der Waals surface area contributed by atoms with Gasteiger partial charge in [-0.2, -0.15) is 0 Å². The van der Waals surface area contributed by atoms with Crippen LogP contribution in [0.5, 0.6) is 0 Å². The molecular formula is C29H37N3O8S. The van der Waals surface area contributed by atoms with Crippen LogP contribution in [-0.2, 0) is 32.2 Å². The van der Waals surface area contributed by atoms with Crippen LogP contribution < -0.4 is 0 Å². The predicted molar refractivity (Wildman–Crippen MR) is 154 cm³/mol. The van der Waals surface area contributed by atoms with Crippen LogP contribution in [0.4, 0.5) is 0 Å². The highest BCUT2D eigenvalue weighted by molar-refractivity contribution is 7.10. The van der Waals surface area contributed by atoms with Gasteiger partial charge in [-0.05, 0) is 54.6 Å². The van der Waals surface area contributed by atoms with Crippen molar-refractivity contribution in [1.82, 2.24) is 14.8 Å². The lowest BCUT2D eigenvalue weighted by Crippen LogP contribution is -2.42. The molecule has 222 valence electrons. The number of fused-ring (bicyclic) bond motifs is 1. The number of para-hydroxylation sites is 1. The molecule has 0 amide bonds. The van der Waals surface area contributed by atoms with Crippen LogP contribution in [0.25, 0.3) is 10.9 Å². The number of aliphatic hydroxyl groups is 1. The largest absolute Gasteiger partial charge is 0.481 e. The van der Waals surface area contributed by atoms with E-state index in [1.54, 1.807) is 0 Å². The number of benzene rings is 1. The Labute approximate surface area is 242 Å². The number of ether oxygens (including phenoxy) is 1. The molecule has 11 nitrogen and oxygen atoms in total. The van der Waals surface area contributed by atoms with E-state index in [-0.39, 0.29) is 0 Å². The third-order valence-electron chi connectivity index (χ3n) is 6.81. The summed E-state index contributed by atoms with van der Waals surface area (Å²) < 4.78 is 5.47. The molecule has 0 spiro atoms. The van der Waals surface area contributed by atoms with Crippen molar-refractivity contribution < 1.29 is 39.5 Å². The van der Waals surface area contributed by atoms with Gasteiger partial charge in [0.2, 0.25) is 0 Å². The van der Waals surface area contributed by atoms with Crippen molar-refractivity contribution in [3.8, 4) is 0 Å². The standard InChI is InChI=1S/C23H29N3OS.C6H8O7/c1-19-8-16-28-23(19)18-26(11-4-10-25-12-14-27-15-13-25)17-20-7-9-24-22-6-3-2-5-21(20)22;7-3(8)1-6(13,5(11)12)2-4(9)10/h2-3,5-9,16H,4,10-15,17-18H2,1H3;13H,1-2H2,(H,7,8)(H,9,10)(H,11,12). The van der Waals surface area contributed by atoms with Crippen molar-refractivity contribution in [2.45, 2.75) is 44.9 Å². The topological polar surface area (TPSA) is 161 Å². The van der Waals surface area contributed by atoms with E-state index in [1.807, 2.05) is 17.5 Å². The minimum atomic E-state index is -2.74. The van der Waals surface area contributed by atoms with Crippen molar-refractivity contribution >= 4 is 40.1 Å². The summed E-state index contributed by atoms with van der Waals surface area (Å²) in [7, 11) is 0. The van der Waals surface area contributed by atoms with Crippen molar-refractivity contribution in [2.75, 3.05) is 39.4 Å². The molecule has 0 atom stereocenters. The van der Waals surface area contributed by atoms with Crippen molar-refractivity contribution in [2.24, 2.45) is 0 Å². The first-order chi connectivity index (χ1) is 19.6. The maximum Gasteiger partial charge on any atom is 0.336 e. The number of carbonyl (C=O) groups is 3. The molecule has 1 aliphatic rings. The van der Waals surface area contributed by atoms with E-state index in [1.165, 1.54) is 27.8 Å². The first-order valence-corrected chi connectivity index (χ1v) is 14.2. The number of morpholine rings is 1. The normalized spacial score (nSPS) is 14.0. The van der Waals surface area contributed by atoms with Gasteiger partial charge >= 0.3 is 17.9 Å². The van der Waals surface area contributed by atoms with E-state index < -0.39 is 36.4 Å². The SMILES string of the molecule is Cc1ccsc1CN(CCCN1CCOCC1)Cc1ccnc2ccccc12.O=C(O)CC(O)(CC(=O)O)C(=O)O. The van der Waals surface area contributed by atoms with Crippen LogP contribution in [0, 0.1) is 6.92 Å². The van der Waals surface area contributed by atoms with Crippen LogP contribution in [0.2, 0.25) is 0 Å². The summed E-state index contributed by atoms with van der Waals surface area (Å²) in [6.45, 7) is 10.3. The molecule has 4 rings (SSSR count). The minimum Gasteiger partial charge on any atom is -0.481 e. The lowest BCUT2D eigenvalue weighted by molar-refractivity contribution is -0.170. The van der Waals surface area contributed by atoms with E-state index in [2.05, 4.69) is 63.5 Å². The highest BCUT2D eigenvalue weighted by Crippen LogP contribution is 2.22. The molecular weight excluding hydrogens is 550 g/mol. The zero-order valence-corrected chi connectivity index (χ0v) is 23.9. The number of aromatic nitrogens is 1. The van der Waals surface area contributed by atoms with Crippen molar-refractivity contribution in [3.63, 3.8) is 0 Å². The molecule has 0 saturated carbocycles. The molecule has 1 fully saturated rings. The third-order valence-corrected chi connectivity index (χ3v) is 7.81. The quantitative estimate of drug-likeness (QED) is 0.233. The highest BCUT2D eigenvalue weighted by atomic mass is 32.1. The van der Waals surface area contributed by atoms with E-state index in [4.69, 9.17) is 25.2 Å². The molecule has 3 heterocycles. The maximum atomic E-state index is 10.3. The van der Waals surface area contributed by atoms with Crippen molar-refractivity contribution in [3.05, 3.63) is 64.0 Å². The van der Waals surface area contributed by atoms with Gasteiger partial charge in [0.25, 0.3) is 0 Å². The molecule has 1 aromatic carbocycles. The second kappa shape index (κ2) is 15.5. The monoisotopic (exact) mass is 587 g/mol. The summed E-state index contributed by atoms with van der Waals surface area (Å²) >= 11 is 1.87. The molecule has 0 unspecified atom stereocenters. The Morgan fingerprint density at radius 1 is 1.02 bits per heavy atom. The van der Waals surface area contributed by atoms with Gasteiger partial charge in [0.15, 0.2) is 5.60 Å². The average Bonchev–Trinajstić information content (AvgIpc) is 3.33. The minimum absolute atomic E-state index is 0.876. The van der Waals surface area contributed by atoms with Gasteiger partial charge in [-0.1, -0.05) is 18.2 Å². The van der Waals surface area contributed by atoms with Crippen LogP contribution in [0.15, 0.2) is 48.0 Å². The molecule has 41 heavy (non-hydrogen) atoms. The second-order valence-electron chi connectivity index (χ2n) is 10.0. The number of hydrogen-bond donors (Lipinski definition) is 4. The molecule has 1 saturated heterocycles. The lowest BCUT2D eigenvalue weighted by Gasteiger charge is -2.28. The van der Waals surface area contributed by atoms with Gasteiger partial charge in [-0.15, -0.1) is 11.3 Å². The van der Waals surface area contributed by atoms with Crippen LogP contribution in [0.1, 0.15) is 35.3 Å². The van der Waals surface area contributed by atoms with Gasteiger partial charge in [-0.25, -0.2) is 4.79 Å². The van der Waals surface area contributed by atoms with E-state index in [0.29, 0.717) is 0 Å². The molecule has 2 aromatic heterocycles. The Morgan fingerprint density at radius 3 is 2.32 bits per heavy atom. The average molecular weight is 588 g/mol. The van der Waals surface area contributed by atoms with E-state index >= 15 is 0 Å². The first-order valence-electron chi connectivity index (χ1n) is 13.3. The molecule has 4 N–H and O–H groups in total. The Hall–Kier alpha value is -3.42. The highest BCUT2D eigenvalue weighted by Gasteiger charge is 2.40. The number of nitrogens with zero attached hydrogens (tertiary/aromatic N) is 3. The Morgan fingerprint density at radius 2 is 1.71 bits per heavy atom. The van der Waals surface area contributed by atoms with Gasteiger partial charge in [0, 0.05) is 49.2 Å². The maximum absolute atomic E-state index is 10.3. The Balaban J connectivity index is 0.000000302. The molecule has 0 radical (unpaired) electrons. The number of thiophene rings is 1. The fourth-order valence-electron chi connectivity index (χ4n) is 4.57. The summed E-state index contributed by atoms with van der Waals surface area (Å²) in [5, 5.41) is 37.3. The number of pyridine rings is 1. The predicted octanol–water partition coefficient (Wildman–Crippen LogP) is 3.08. The first kappa shape index (κ1) is 32.1. The summed E-state index contributed by atoms with van der Waals surface area (Å²) in [4.78, 5) is 41.6. The van der Waals surface area contributed by atoms with E-state index in [9.17, 15) is 14.4 Å². The number of aryl methyl sites for hydroxylation is 1. The second-order valence-corrected chi connectivity index (χ2v) is 11.0. The Kier molecular flexibility index (Phi) is 12.2. The molecule has 12 heteroatoms. The number of aliphatic carboxylic acids is 3. The molecule has 0 aliphatic carbocycles. The number of carboxylic acid groups (broad SMARTS) is 3. The lowest BCUT2D eigenvalue weighted by atomic mass is 9.96. The fraction of sp³-hybridized carbons (Fsp3) is 0.448. The van der Waals surface area contributed by atoms with Crippen LogP contribution in [-0.4, -0.2) is 98.1 Å². The van der Waals surface area contributed by atoms with Gasteiger partial charge < -0.3 is 25.2 Å². The summed E-state index contributed by atoms with van der Waals surface area (Å²) in [6, 6.07) is 12.9. The fourth-order valence-corrected chi connectivity index (χ4v) is 5.52. The van der Waals surface area contributed by atoms with Gasteiger partial charge in [-0.3, -0.25) is 24.4 Å². The number of carboxylic acids is 3. The molecule has 3 aromatic rings. The summed E-state index contributed by atoms with van der Waals surface area (Å²) in [5.74, 6) is -5.02. The number of hydrogen-bond acceptors (Lipinski definition) is 9. The third kappa shape index (κ3) is 10.2.